The number of halogens is 2. The molecule has 34 heavy (non-hydrogen) atoms. The van der Waals surface area contributed by atoms with Gasteiger partial charge in [0, 0.05) is 23.8 Å². The van der Waals surface area contributed by atoms with E-state index in [2.05, 4.69) is 4.98 Å². The minimum atomic E-state index is -3.52. The summed E-state index contributed by atoms with van der Waals surface area (Å²) in [5.41, 5.74) is 2.55. The summed E-state index contributed by atoms with van der Waals surface area (Å²) in [4.78, 5) is 23.9. The summed E-state index contributed by atoms with van der Waals surface area (Å²) < 4.78 is 26.1. The second-order valence-corrected chi connectivity index (χ2v) is 11.7. The molecule has 4 aromatic rings. The van der Waals surface area contributed by atoms with Crippen LogP contribution in [0.15, 0.2) is 65.8 Å². The lowest BCUT2D eigenvalue weighted by atomic mass is 10.2. The van der Waals surface area contributed by atoms with E-state index in [1.165, 1.54) is 35.6 Å². The van der Waals surface area contributed by atoms with Crippen LogP contribution >= 0.6 is 34.5 Å². The molecule has 0 fully saturated rings. The van der Waals surface area contributed by atoms with E-state index in [1.807, 2.05) is 25.1 Å². The molecule has 1 amide bonds. The normalized spacial score (nSPS) is 11.6. The predicted molar refractivity (Wildman–Crippen MR) is 138 cm³/mol. The summed E-state index contributed by atoms with van der Waals surface area (Å²) in [6, 6.07) is 13.4. The zero-order valence-corrected chi connectivity index (χ0v) is 21.4. The second kappa shape index (κ2) is 10.4. The fourth-order valence-electron chi connectivity index (χ4n) is 3.45. The van der Waals surface area contributed by atoms with Crippen molar-refractivity contribution in [1.82, 2.24) is 9.97 Å². The molecule has 0 spiro atoms. The molecule has 0 N–H and O–H groups in total. The first-order valence-corrected chi connectivity index (χ1v) is 13.7. The average molecular weight is 534 g/mol. The van der Waals surface area contributed by atoms with Crippen molar-refractivity contribution in [3.05, 3.63) is 82.1 Å². The highest BCUT2D eigenvalue weighted by atomic mass is 35.5. The van der Waals surface area contributed by atoms with Gasteiger partial charge in [-0.1, -0.05) is 46.7 Å². The Bertz CT molecular complexity index is 1380. The van der Waals surface area contributed by atoms with Crippen molar-refractivity contribution in [2.45, 2.75) is 31.2 Å². The lowest BCUT2D eigenvalue weighted by Crippen LogP contribution is -2.30. The molecule has 0 aliphatic rings. The van der Waals surface area contributed by atoms with Crippen LogP contribution in [-0.4, -0.2) is 30.0 Å². The van der Waals surface area contributed by atoms with Crippen LogP contribution < -0.4 is 4.90 Å². The number of aromatic nitrogens is 2. The zero-order chi connectivity index (χ0) is 24.3. The number of amides is 1. The van der Waals surface area contributed by atoms with Crippen molar-refractivity contribution in [3.8, 4) is 0 Å². The Morgan fingerprint density at radius 3 is 2.53 bits per heavy atom. The molecule has 0 atom stereocenters. The van der Waals surface area contributed by atoms with E-state index in [0.29, 0.717) is 15.2 Å². The molecule has 2 aromatic carbocycles. The second-order valence-electron chi connectivity index (χ2n) is 7.76. The van der Waals surface area contributed by atoms with E-state index < -0.39 is 9.84 Å². The minimum absolute atomic E-state index is 0.0513. The van der Waals surface area contributed by atoms with Gasteiger partial charge in [-0.2, -0.15) is 0 Å². The number of fused-ring (bicyclic) bond motifs is 1. The molecule has 0 unspecified atom stereocenters. The van der Waals surface area contributed by atoms with Crippen molar-refractivity contribution in [3.63, 3.8) is 0 Å². The summed E-state index contributed by atoms with van der Waals surface area (Å²) >= 11 is 13.6. The lowest BCUT2D eigenvalue weighted by molar-refractivity contribution is -0.118. The highest BCUT2D eigenvalue weighted by Crippen LogP contribution is 2.36. The van der Waals surface area contributed by atoms with Gasteiger partial charge in [0.1, 0.15) is 0 Å². The Balaban J connectivity index is 1.55. The van der Waals surface area contributed by atoms with Gasteiger partial charge in [-0.15, -0.1) is 0 Å². The minimum Gasteiger partial charge on any atom is -0.284 e. The highest BCUT2D eigenvalue weighted by Gasteiger charge is 2.23. The third-order valence-corrected chi connectivity index (χ3v) is 8.87. The molecule has 10 heteroatoms. The number of sulfone groups is 1. The van der Waals surface area contributed by atoms with Gasteiger partial charge in [0.2, 0.25) is 5.91 Å². The number of thiazole rings is 1. The number of pyridine rings is 1. The smallest absolute Gasteiger partial charge is 0.229 e. The molecule has 0 radical (unpaired) electrons. The van der Waals surface area contributed by atoms with Crippen LogP contribution in [0.1, 0.15) is 24.0 Å². The van der Waals surface area contributed by atoms with Crippen molar-refractivity contribution in [1.29, 1.82) is 0 Å². The Labute approximate surface area is 212 Å². The quantitative estimate of drug-likeness (QED) is 0.273. The average Bonchev–Trinajstić information content (AvgIpc) is 3.27. The van der Waals surface area contributed by atoms with Crippen LogP contribution in [0.4, 0.5) is 5.13 Å². The molecule has 2 aromatic heterocycles. The number of nitrogens with zero attached hydrogens (tertiary/aromatic N) is 3. The topological polar surface area (TPSA) is 80.2 Å². The van der Waals surface area contributed by atoms with Crippen LogP contribution in [0.25, 0.3) is 10.2 Å². The first kappa shape index (κ1) is 24.6. The largest absolute Gasteiger partial charge is 0.284 e. The van der Waals surface area contributed by atoms with Gasteiger partial charge in [-0.05, 0) is 60.9 Å². The van der Waals surface area contributed by atoms with Crippen molar-refractivity contribution >= 4 is 65.6 Å². The standard InChI is InChI=1S/C24H21Cl2N3O3S2/c1-16-6-11-20(26)23-22(16)28-24(33-23)29(15-17-4-2-12-27-14-17)21(30)5-3-13-34(31,32)19-9-7-18(25)8-10-19/h2,4,6-12,14H,3,5,13,15H2,1H3. The van der Waals surface area contributed by atoms with Crippen LogP contribution in [0.3, 0.4) is 0 Å². The maximum Gasteiger partial charge on any atom is 0.229 e. The number of carbonyl (C=O) groups is 1. The molecule has 0 saturated heterocycles. The number of anilines is 1. The van der Waals surface area contributed by atoms with Crippen molar-refractivity contribution in [2.75, 3.05) is 10.7 Å². The van der Waals surface area contributed by atoms with Gasteiger partial charge >= 0.3 is 0 Å². The fraction of sp³-hybridized carbons (Fsp3) is 0.208. The van der Waals surface area contributed by atoms with E-state index >= 15 is 0 Å². The molecule has 176 valence electrons. The third kappa shape index (κ3) is 5.58. The van der Waals surface area contributed by atoms with Crippen LogP contribution in [0.5, 0.6) is 0 Å². The van der Waals surface area contributed by atoms with E-state index in [-0.39, 0.29) is 35.9 Å². The molecule has 4 rings (SSSR count). The number of hydrogen-bond acceptors (Lipinski definition) is 6. The lowest BCUT2D eigenvalue weighted by Gasteiger charge is -2.20. The summed E-state index contributed by atoms with van der Waals surface area (Å²) in [7, 11) is -3.52. The van der Waals surface area contributed by atoms with Gasteiger partial charge in [0.15, 0.2) is 15.0 Å². The Kier molecular flexibility index (Phi) is 7.52. The number of aryl methyl sites for hydroxylation is 1. The number of carbonyl (C=O) groups excluding carboxylic acids is 1. The number of hydrogen-bond donors (Lipinski definition) is 0. The maximum atomic E-state index is 13.3. The van der Waals surface area contributed by atoms with Crippen molar-refractivity contribution < 1.29 is 13.2 Å². The third-order valence-electron chi connectivity index (χ3n) is 5.26. The Morgan fingerprint density at radius 2 is 1.85 bits per heavy atom. The molecular weight excluding hydrogens is 513 g/mol. The zero-order valence-electron chi connectivity index (χ0n) is 18.2. The number of rotatable bonds is 8. The Morgan fingerprint density at radius 1 is 1.09 bits per heavy atom. The van der Waals surface area contributed by atoms with Crippen LogP contribution in [0.2, 0.25) is 10.0 Å². The van der Waals surface area contributed by atoms with E-state index in [1.54, 1.807) is 23.4 Å². The van der Waals surface area contributed by atoms with Crippen molar-refractivity contribution in [2.24, 2.45) is 0 Å². The molecule has 0 aliphatic carbocycles. The van der Waals surface area contributed by atoms with Gasteiger partial charge in [0.25, 0.3) is 0 Å². The van der Waals surface area contributed by atoms with Gasteiger partial charge < -0.3 is 0 Å². The van der Waals surface area contributed by atoms with Gasteiger partial charge in [0.05, 0.1) is 32.4 Å². The highest BCUT2D eigenvalue weighted by molar-refractivity contribution is 7.91. The first-order chi connectivity index (χ1) is 16.2. The molecule has 0 bridgehead atoms. The molecule has 0 aliphatic heterocycles. The SMILES string of the molecule is Cc1ccc(Cl)c2sc(N(Cc3cccnc3)C(=O)CCCS(=O)(=O)c3ccc(Cl)cc3)nc12. The van der Waals surface area contributed by atoms with Crippen LogP contribution in [-0.2, 0) is 21.2 Å². The maximum absolute atomic E-state index is 13.3. The summed E-state index contributed by atoms with van der Waals surface area (Å²) in [5.74, 6) is -0.366. The monoisotopic (exact) mass is 533 g/mol. The summed E-state index contributed by atoms with van der Waals surface area (Å²) in [5, 5.41) is 1.55. The number of benzene rings is 2. The van der Waals surface area contributed by atoms with Crippen LogP contribution in [0, 0.1) is 6.92 Å². The molecular formula is C24H21Cl2N3O3S2. The molecule has 6 nitrogen and oxygen atoms in total. The van der Waals surface area contributed by atoms with E-state index in [4.69, 9.17) is 28.2 Å². The summed E-state index contributed by atoms with van der Waals surface area (Å²) in [6.07, 6.45) is 3.59. The summed E-state index contributed by atoms with van der Waals surface area (Å²) in [6.45, 7) is 2.21. The first-order valence-electron chi connectivity index (χ1n) is 10.5. The van der Waals surface area contributed by atoms with Gasteiger partial charge in [-0.25, -0.2) is 13.4 Å². The van der Waals surface area contributed by atoms with E-state index in [9.17, 15) is 13.2 Å². The predicted octanol–water partition coefficient (Wildman–Crippen LogP) is 6.09. The molecule has 2 heterocycles. The van der Waals surface area contributed by atoms with Gasteiger partial charge in [-0.3, -0.25) is 14.7 Å². The fourth-order valence-corrected chi connectivity index (χ4v) is 6.22. The molecule has 0 saturated carbocycles. The van der Waals surface area contributed by atoms with E-state index in [0.717, 1.165) is 21.3 Å². The Hall–Kier alpha value is -2.52.